The van der Waals surface area contributed by atoms with Crippen LogP contribution in [-0.2, 0) is 25.8 Å². The highest BCUT2D eigenvalue weighted by Crippen LogP contribution is 2.22. The van der Waals surface area contributed by atoms with Crippen LogP contribution in [0, 0.1) is 0 Å². The molecule has 0 aliphatic carbocycles. The second kappa shape index (κ2) is 13.4. The third-order valence-corrected chi connectivity index (χ3v) is 5.33. The Balaban J connectivity index is 0.000000423. The highest BCUT2D eigenvalue weighted by atomic mass is 16.7. The van der Waals surface area contributed by atoms with Crippen LogP contribution >= 0.6 is 0 Å². The third-order valence-electron chi connectivity index (χ3n) is 5.33. The lowest BCUT2D eigenvalue weighted by Crippen LogP contribution is -2.59. The van der Waals surface area contributed by atoms with Gasteiger partial charge in [-0.05, 0) is 71.5 Å². The molecule has 0 unspecified atom stereocenters. The molecule has 2 aliphatic heterocycles. The van der Waals surface area contributed by atoms with Gasteiger partial charge in [0.05, 0.1) is 12.8 Å². The Labute approximate surface area is 186 Å². The molecule has 1 aromatic carbocycles. The summed E-state index contributed by atoms with van der Waals surface area (Å²) in [6.45, 7) is 9.30. The lowest BCUT2D eigenvalue weighted by molar-refractivity contribution is -0.165. The molecule has 8 nitrogen and oxygen atoms in total. The first-order valence-electron chi connectivity index (χ1n) is 11.2. The quantitative estimate of drug-likeness (QED) is 0.481. The molecular formula is C23H38N4O4. The average molecular weight is 435 g/mol. The molecule has 2 fully saturated rings. The van der Waals surface area contributed by atoms with Crippen molar-refractivity contribution >= 4 is 12.9 Å². The van der Waals surface area contributed by atoms with Crippen LogP contribution in [0.5, 0.6) is 0 Å². The smallest absolute Gasteiger partial charge is 0.293 e. The van der Waals surface area contributed by atoms with Gasteiger partial charge in [-0.2, -0.15) is 5.01 Å². The van der Waals surface area contributed by atoms with E-state index in [1.165, 1.54) is 0 Å². The molecule has 1 atom stereocenters. The molecular weight excluding hydrogens is 396 g/mol. The van der Waals surface area contributed by atoms with Crippen molar-refractivity contribution in [1.82, 2.24) is 20.8 Å². The van der Waals surface area contributed by atoms with E-state index >= 15 is 0 Å². The molecule has 0 aromatic heterocycles. The Bertz CT molecular complexity index is 632. The second-order valence-electron chi connectivity index (χ2n) is 8.90. The standard InChI is InChI=1S/C18H28N4O2.C5H10O2/c23-15-21(17-9-11-19-12-10-17)18-8-4-5-13-22(18)20-24-14-16-6-2-1-3-7-16;1-5(2,3)7-4-6/h1-3,6-7,15,17-20H,4-5,8-14H2;4H,1-3H3/t18-;/m0./s1. The van der Waals surface area contributed by atoms with Gasteiger partial charge in [0.25, 0.3) is 6.47 Å². The maximum absolute atomic E-state index is 11.8. The molecule has 0 radical (unpaired) electrons. The van der Waals surface area contributed by atoms with E-state index in [2.05, 4.69) is 20.7 Å². The number of carbonyl (C=O) groups is 2. The zero-order valence-corrected chi connectivity index (χ0v) is 19.1. The van der Waals surface area contributed by atoms with Gasteiger partial charge in [0, 0.05) is 12.6 Å². The summed E-state index contributed by atoms with van der Waals surface area (Å²) in [7, 11) is 0. The lowest BCUT2D eigenvalue weighted by Gasteiger charge is -2.44. The predicted molar refractivity (Wildman–Crippen MR) is 119 cm³/mol. The minimum Gasteiger partial charge on any atom is -0.462 e. The topological polar surface area (TPSA) is 83.1 Å². The molecule has 3 rings (SSSR count). The zero-order chi connectivity index (χ0) is 22.5. The molecule has 174 valence electrons. The molecule has 2 saturated heterocycles. The maximum atomic E-state index is 11.8. The van der Waals surface area contributed by atoms with Crippen molar-refractivity contribution in [3.05, 3.63) is 35.9 Å². The summed E-state index contributed by atoms with van der Waals surface area (Å²) in [6, 6.07) is 10.4. The zero-order valence-electron chi connectivity index (χ0n) is 19.1. The normalized spacial score (nSPS) is 20.3. The summed E-state index contributed by atoms with van der Waals surface area (Å²) in [5.74, 6) is 0. The highest BCUT2D eigenvalue weighted by Gasteiger charge is 2.32. The fourth-order valence-corrected chi connectivity index (χ4v) is 3.75. The Kier molecular flexibility index (Phi) is 10.9. The average Bonchev–Trinajstić information content (AvgIpc) is 2.76. The van der Waals surface area contributed by atoms with Gasteiger partial charge in [0.15, 0.2) is 0 Å². The van der Waals surface area contributed by atoms with Crippen molar-refractivity contribution in [2.45, 2.75) is 77.3 Å². The molecule has 8 heteroatoms. The summed E-state index contributed by atoms with van der Waals surface area (Å²) in [4.78, 5) is 29.0. The summed E-state index contributed by atoms with van der Waals surface area (Å²) >= 11 is 0. The van der Waals surface area contributed by atoms with Crippen LogP contribution in [0.4, 0.5) is 0 Å². The lowest BCUT2D eigenvalue weighted by atomic mass is 10.0. The number of ether oxygens (including phenoxy) is 1. The maximum Gasteiger partial charge on any atom is 0.293 e. The molecule has 0 spiro atoms. The van der Waals surface area contributed by atoms with Gasteiger partial charge in [0.1, 0.15) is 5.60 Å². The minimum atomic E-state index is -0.318. The fraction of sp³-hybridized carbons (Fsp3) is 0.652. The summed E-state index contributed by atoms with van der Waals surface area (Å²) < 4.78 is 4.55. The number of hydrazine groups is 1. The van der Waals surface area contributed by atoms with E-state index in [1.807, 2.05) is 56.0 Å². The molecule has 2 heterocycles. The van der Waals surface area contributed by atoms with Crippen molar-refractivity contribution in [2.24, 2.45) is 0 Å². The number of hydrogen-bond donors (Lipinski definition) is 2. The van der Waals surface area contributed by atoms with Crippen molar-refractivity contribution in [3.8, 4) is 0 Å². The van der Waals surface area contributed by atoms with Gasteiger partial charge in [-0.25, -0.2) is 0 Å². The van der Waals surface area contributed by atoms with Crippen LogP contribution in [0.2, 0.25) is 0 Å². The van der Waals surface area contributed by atoms with Crippen LogP contribution < -0.4 is 10.9 Å². The fourth-order valence-electron chi connectivity index (χ4n) is 3.75. The van der Waals surface area contributed by atoms with Crippen molar-refractivity contribution in [2.75, 3.05) is 19.6 Å². The van der Waals surface area contributed by atoms with Gasteiger partial charge in [-0.3, -0.25) is 14.4 Å². The van der Waals surface area contributed by atoms with E-state index in [0.29, 0.717) is 19.1 Å². The number of piperidine rings is 2. The first-order chi connectivity index (χ1) is 14.9. The van der Waals surface area contributed by atoms with Crippen LogP contribution in [0.3, 0.4) is 0 Å². The van der Waals surface area contributed by atoms with Gasteiger partial charge in [0.2, 0.25) is 6.41 Å². The van der Waals surface area contributed by atoms with E-state index in [1.54, 1.807) is 0 Å². The first kappa shape index (κ1) is 25.3. The van der Waals surface area contributed by atoms with Gasteiger partial charge in [-0.15, -0.1) is 5.59 Å². The van der Waals surface area contributed by atoms with Crippen molar-refractivity contribution in [1.29, 1.82) is 0 Å². The first-order valence-corrected chi connectivity index (χ1v) is 11.2. The Morgan fingerprint density at radius 2 is 1.84 bits per heavy atom. The number of nitrogens with zero attached hydrogens (tertiary/aromatic N) is 2. The number of amides is 1. The van der Waals surface area contributed by atoms with E-state index in [0.717, 1.165) is 63.7 Å². The number of rotatable bonds is 8. The molecule has 0 saturated carbocycles. The number of benzene rings is 1. The summed E-state index contributed by atoms with van der Waals surface area (Å²) in [5, 5.41) is 5.45. The molecule has 31 heavy (non-hydrogen) atoms. The van der Waals surface area contributed by atoms with Crippen LogP contribution in [0.25, 0.3) is 0 Å². The second-order valence-corrected chi connectivity index (χ2v) is 8.90. The molecule has 2 aliphatic rings. The summed E-state index contributed by atoms with van der Waals surface area (Å²) in [5.41, 5.74) is 3.90. The monoisotopic (exact) mass is 434 g/mol. The molecule has 2 N–H and O–H groups in total. The predicted octanol–water partition coefficient (Wildman–Crippen LogP) is 2.60. The van der Waals surface area contributed by atoms with E-state index in [4.69, 9.17) is 4.84 Å². The van der Waals surface area contributed by atoms with E-state index in [9.17, 15) is 9.59 Å². The van der Waals surface area contributed by atoms with Crippen LogP contribution in [0.1, 0.15) is 58.4 Å². The molecule has 1 amide bonds. The van der Waals surface area contributed by atoms with Crippen LogP contribution in [-0.4, -0.2) is 60.2 Å². The molecule has 0 bridgehead atoms. The van der Waals surface area contributed by atoms with Gasteiger partial charge >= 0.3 is 0 Å². The van der Waals surface area contributed by atoms with Gasteiger partial charge < -0.3 is 15.0 Å². The number of nitrogens with one attached hydrogen (secondary N) is 2. The van der Waals surface area contributed by atoms with Crippen LogP contribution in [0.15, 0.2) is 30.3 Å². The number of carbonyl (C=O) groups excluding carboxylic acids is 2. The largest absolute Gasteiger partial charge is 0.462 e. The SMILES string of the molecule is CC(C)(C)OC=O.O=CN(C1CCNCC1)[C@@H]1CCCCN1NOCc1ccccc1. The summed E-state index contributed by atoms with van der Waals surface area (Å²) in [6.07, 6.45) is 6.41. The Morgan fingerprint density at radius 3 is 2.42 bits per heavy atom. The third kappa shape index (κ3) is 9.35. The van der Waals surface area contributed by atoms with Crippen molar-refractivity contribution in [3.63, 3.8) is 0 Å². The van der Waals surface area contributed by atoms with Gasteiger partial charge in [-0.1, -0.05) is 30.3 Å². The number of hydrogen-bond acceptors (Lipinski definition) is 7. The van der Waals surface area contributed by atoms with E-state index < -0.39 is 0 Å². The molecule has 1 aromatic rings. The Hall–Kier alpha value is -2.00. The highest BCUT2D eigenvalue weighted by molar-refractivity contribution is 5.48. The van der Waals surface area contributed by atoms with Crippen molar-refractivity contribution < 1.29 is 19.2 Å². The Morgan fingerprint density at radius 1 is 1.13 bits per heavy atom. The van der Waals surface area contributed by atoms with E-state index in [-0.39, 0.29) is 11.8 Å². The minimum absolute atomic E-state index is 0.0788.